The molecule has 0 aliphatic carbocycles. The molecule has 5 heteroatoms. The van der Waals surface area contributed by atoms with E-state index in [4.69, 9.17) is 17.0 Å². The van der Waals surface area contributed by atoms with E-state index in [1.54, 1.807) is 18.2 Å². The Bertz CT molecular complexity index is 958. The first-order chi connectivity index (χ1) is 13.7. The highest BCUT2D eigenvalue weighted by Crippen LogP contribution is 2.17. The molecule has 0 heterocycles. The van der Waals surface area contributed by atoms with Gasteiger partial charge in [0, 0.05) is 11.3 Å². The summed E-state index contributed by atoms with van der Waals surface area (Å²) in [5.74, 6) is 0.350. The SMILES string of the molecule is CCc1ccccc1NC(=S)NC(=O)c1cccc(OCc2ccccc2)c1. The Kier molecular flexibility index (Phi) is 6.76. The number of ether oxygens (including phenoxy) is 1. The highest BCUT2D eigenvalue weighted by molar-refractivity contribution is 7.80. The van der Waals surface area contributed by atoms with Gasteiger partial charge in [0.05, 0.1) is 0 Å². The van der Waals surface area contributed by atoms with Crippen molar-refractivity contribution in [3.8, 4) is 5.75 Å². The molecule has 0 bridgehead atoms. The molecule has 3 aromatic rings. The second kappa shape index (κ2) is 9.67. The lowest BCUT2D eigenvalue weighted by Crippen LogP contribution is -2.34. The van der Waals surface area contributed by atoms with E-state index in [9.17, 15) is 4.79 Å². The molecule has 0 aromatic heterocycles. The molecule has 0 aliphatic rings. The van der Waals surface area contributed by atoms with Crippen molar-refractivity contribution in [3.63, 3.8) is 0 Å². The average Bonchev–Trinajstić information content (AvgIpc) is 2.73. The Hall–Kier alpha value is -3.18. The summed E-state index contributed by atoms with van der Waals surface area (Å²) in [6.45, 7) is 2.52. The van der Waals surface area contributed by atoms with Gasteiger partial charge in [0.1, 0.15) is 12.4 Å². The molecule has 3 aromatic carbocycles. The number of para-hydroxylation sites is 1. The number of nitrogens with one attached hydrogen (secondary N) is 2. The topological polar surface area (TPSA) is 50.4 Å². The van der Waals surface area contributed by atoms with Gasteiger partial charge < -0.3 is 10.1 Å². The molecule has 0 saturated carbocycles. The van der Waals surface area contributed by atoms with E-state index in [-0.39, 0.29) is 11.0 Å². The van der Waals surface area contributed by atoms with Gasteiger partial charge in [-0.3, -0.25) is 10.1 Å². The van der Waals surface area contributed by atoms with Gasteiger partial charge in [-0.25, -0.2) is 0 Å². The number of amides is 1. The van der Waals surface area contributed by atoms with Crippen LogP contribution in [-0.4, -0.2) is 11.0 Å². The van der Waals surface area contributed by atoms with E-state index in [0.29, 0.717) is 17.9 Å². The van der Waals surface area contributed by atoms with Gasteiger partial charge in [-0.1, -0.05) is 61.5 Å². The summed E-state index contributed by atoms with van der Waals surface area (Å²) in [7, 11) is 0. The van der Waals surface area contributed by atoms with Crippen molar-refractivity contribution in [1.29, 1.82) is 0 Å². The molecule has 0 saturated heterocycles. The third-order valence-electron chi connectivity index (χ3n) is 4.22. The fraction of sp³-hybridized carbons (Fsp3) is 0.130. The van der Waals surface area contributed by atoms with Crippen LogP contribution in [0.1, 0.15) is 28.4 Å². The largest absolute Gasteiger partial charge is 0.489 e. The van der Waals surface area contributed by atoms with E-state index < -0.39 is 0 Å². The number of carbonyl (C=O) groups is 1. The summed E-state index contributed by atoms with van der Waals surface area (Å²) < 4.78 is 5.79. The van der Waals surface area contributed by atoms with Crippen molar-refractivity contribution in [2.24, 2.45) is 0 Å². The van der Waals surface area contributed by atoms with Gasteiger partial charge >= 0.3 is 0 Å². The van der Waals surface area contributed by atoms with Crippen LogP contribution in [-0.2, 0) is 13.0 Å². The Balaban J connectivity index is 1.60. The van der Waals surface area contributed by atoms with Crippen LogP contribution in [0.4, 0.5) is 5.69 Å². The Morgan fingerprint density at radius 3 is 2.50 bits per heavy atom. The fourth-order valence-electron chi connectivity index (χ4n) is 2.75. The maximum Gasteiger partial charge on any atom is 0.257 e. The quantitative estimate of drug-likeness (QED) is 0.585. The van der Waals surface area contributed by atoms with Crippen molar-refractivity contribution in [2.45, 2.75) is 20.0 Å². The molecule has 3 rings (SSSR count). The Morgan fingerprint density at radius 1 is 0.964 bits per heavy atom. The van der Waals surface area contributed by atoms with Crippen molar-refractivity contribution in [3.05, 3.63) is 95.6 Å². The minimum atomic E-state index is -0.281. The van der Waals surface area contributed by atoms with Gasteiger partial charge in [-0.15, -0.1) is 0 Å². The summed E-state index contributed by atoms with van der Waals surface area (Å²) in [5.41, 5.74) is 3.58. The predicted octanol–water partition coefficient (Wildman–Crippen LogP) is 4.95. The maximum atomic E-state index is 12.5. The van der Waals surface area contributed by atoms with Crippen LogP contribution in [0.2, 0.25) is 0 Å². The lowest BCUT2D eigenvalue weighted by atomic mass is 10.1. The third-order valence-corrected chi connectivity index (χ3v) is 4.42. The van der Waals surface area contributed by atoms with Crippen LogP contribution in [0.3, 0.4) is 0 Å². The van der Waals surface area contributed by atoms with Crippen LogP contribution in [0.25, 0.3) is 0 Å². The van der Waals surface area contributed by atoms with Crippen LogP contribution < -0.4 is 15.4 Å². The van der Waals surface area contributed by atoms with Crippen molar-refractivity contribution >= 4 is 28.9 Å². The first kappa shape index (κ1) is 19.6. The predicted molar refractivity (Wildman–Crippen MR) is 117 cm³/mol. The lowest BCUT2D eigenvalue weighted by Gasteiger charge is -2.13. The van der Waals surface area contributed by atoms with Gasteiger partial charge in [0.25, 0.3) is 5.91 Å². The molecule has 0 aliphatic heterocycles. The smallest absolute Gasteiger partial charge is 0.257 e. The molecule has 0 atom stereocenters. The zero-order chi connectivity index (χ0) is 19.8. The molecular weight excluding hydrogens is 368 g/mol. The van der Waals surface area contributed by atoms with Crippen molar-refractivity contribution < 1.29 is 9.53 Å². The zero-order valence-corrected chi connectivity index (χ0v) is 16.5. The van der Waals surface area contributed by atoms with Crippen LogP contribution >= 0.6 is 12.2 Å². The molecular formula is C23H22N2O2S. The standard InChI is InChI=1S/C23H22N2O2S/c1-2-18-11-6-7-14-21(18)24-23(28)25-22(26)19-12-8-13-20(15-19)27-16-17-9-4-3-5-10-17/h3-15H,2,16H2,1H3,(H2,24,25,26,28). The van der Waals surface area contributed by atoms with E-state index in [1.807, 2.05) is 60.7 Å². The number of aryl methyl sites for hydroxylation is 1. The maximum absolute atomic E-state index is 12.5. The monoisotopic (exact) mass is 390 g/mol. The number of thiocarbonyl (C=S) groups is 1. The third kappa shape index (κ3) is 5.41. The lowest BCUT2D eigenvalue weighted by molar-refractivity contribution is 0.0977. The van der Waals surface area contributed by atoms with E-state index in [0.717, 1.165) is 23.2 Å². The van der Waals surface area contributed by atoms with Gasteiger partial charge in [0.15, 0.2) is 5.11 Å². The van der Waals surface area contributed by atoms with E-state index in [1.165, 1.54) is 0 Å². The molecule has 2 N–H and O–H groups in total. The number of carbonyl (C=O) groups excluding carboxylic acids is 1. The first-order valence-corrected chi connectivity index (χ1v) is 9.53. The number of rotatable bonds is 6. The molecule has 1 amide bonds. The normalized spacial score (nSPS) is 10.2. The summed E-state index contributed by atoms with van der Waals surface area (Å²) in [6, 6.07) is 24.8. The van der Waals surface area contributed by atoms with Gasteiger partial charge in [0.2, 0.25) is 0 Å². The molecule has 4 nitrogen and oxygen atoms in total. The Morgan fingerprint density at radius 2 is 1.71 bits per heavy atom. The second-order valence-electron chi connectivity index (χ2n) is 6.22. The molecule has 28 heavy (non-hydrogen) atoms. The van der Waals surface area contributed by atoms with Gasteiger partial charge in [-0.2, -0.15) is 0 Å². The van der Waals surface area contributed by atoms with E-state index >= 15 is 0 Å². The summed E-state index contributed by atoms with van der Waals surface area (Å²) in [6.07, 6.45) is 0.876. The highest BCUT2D eigenvalue weighted by Gasteiger charge is 2.10. The minimum Gasteiger partial charge on any atom is -0.489 e. The second-order valence-corrected chi connectivity index (χ2v) is 6.63. The highest BCUT2D eigenvalue weighted by atomic mass is 32.1. The van der Waals surface area contributed by atoms with Crippen molar-refractivity contribution in [2.75, 3.05) is 5.32 Å². The summed E-state index contributed by atoms with van der Waals surface area (Å²) >= 11 is 5.29. The van der Waals surface area contributed by atoms with Crippen molar-refractivity contribution in [1.82, 2.24) is 5.32 Å². The fourth-order valence-corrected chi connectivity index (χ4v) is 2.95. The average molecular weight is 391 g/mol. The molecule has 0 fully saturated rings. The number of hydrogen-bond acceptors (Lipinski definition) is 3. The molecule has 0 radical (unpaired) electrons. The van der Waals surface area contributed by atoms with E-state index in [2.05, 4.69) is 17.6 Å². The number of hydrogen-bond donors (Lipinski definition) is 2. The van der Waals surface area contributed by atoms with Crippen LogP contribution in [0.15, 0.2) is 78.9 Å². The number of anilines is 1. The Labute approximate surface area is 170 Å². The molecule has 0 spiro atoms. The van der Waals surface area contributed by atoms with Gasteiger partial charge in [-0.05, 0) is 54.0 Å². The zero-order valence-electron chi connectivity index (χ0n) is 15.6. The van der Waals surface area contributed by atoms with Crippen LogP contribution in [0.5, 0.6) is 5.75 Å². The number of benzene rings is 3. The summed E-state index contributed by atoms with van der Waals surface area (Å²) in [5, 5.41) is 6.08. The summed E-state index contributed by atoms with van der Waals surface area (Å²) in [4.78, 5) is 12.5. The first-order valence-electron chi connectivity index (χ1n) is 9.12. The molecule has 142 valence electrons. The minimum absolute atomic E-state index is 0.265. The molecule has 0 unspecified atom stereocenters. The van der Waals surface area contributed by atoms with Crippen LogP contribution in [0, 0.1) is 0 Å².